The smallest absolute Gasteiger partial charge is 0.175 e. The van der Waals surface area contributed by atoms with E-state index in [0.717, 1.165) is 37.8 Å². The molecule has 1 saturated heterocycles. The number of morpholine rings is 1. The van der Waals surface area contributed by atoms with Crippen molar-refractivity contribution in [2.75, 3.05) is 37.5 Å². The minimum atomic E-state index is 0.0224. The summed E-state index contributed by atoms with van der Waals surface area (Å²) in [7, 11) is 0. The molecule has 0 bridgehead atoms. The van der Waals surface area contributed by atoms with E-state index < -0.39 is 0 Å². The number of hydrogen-bond donors (Lipinski definition) is 1. The van der Waals surface area contributed by atoms with Crippen LogP contribution in [0.3, 0.4) is 0 Å². The maximum atomic E-state index is 5.48. The van der Waals surface area contributed by atoms with Gasteiger partial charge in [-0.25, -0.2) is 0 Å². The molecule has 1 fully saturated rings. The van der Waals surface area contributed by atoms with Crippen LogP contribution in [0.5, 0.6) is 0 Å². The first-order valence-electron chi connectivity index (χ1n) is 7.11. The van der Waals surface area contributed by atoms with Crippen molar-refractivity contribution in [3.05, 3.63) is 23.2 Å². The molecule has 0 spiro atoms. The average molecular weight is 307 g/mol. The quantitative estimate of drug-likeness (QED) is 0.923. The number of ether oxygens (including phenoxy) is 1. The Morgan fingerprint density at radius 1 is 1.33 bits per heavy atom. The van der Waals surface area contributed by atoms with Gasteiger partial charge in [0.25, 0.3) is 0 Å². The molecule has 114 valence electrons. The van der Waals surface area contributed by atoms with Crippen LogP contribution in [0, 0.1) is 6.92 Å². The molecule has 1 atom stereocenters. The average Bonchev–Trinajstić information content (AvgIpc) is 2.94. The number of thioether (sulfide) groups is 1. The van der Waals surface area contributed by atoms with Crippen LogP contribution in [0.4, 0.5) is 5.82 Å². The number of allylic oxidation sites excluding steroid dienone is 1. The lowest BCUT2D eigenvalue weighted by Crippen LogP contribution is -2.47. The molecule has 2 aliphatic rings. The molecule has 21 heavy (non-hydrogen) atoms. The van der Waals surface area contributed by atoms with Crippen LogP contribution in [0.25, 0.3) is 0 Å². The predicted octanol–water partition coefficient (Wildman–Crippen LogP) is 1.82. The lowest BCUT2D eigenvalue weighted by atomic mass is 10.2. The van der Waals surface area contributed by atoms with E-state index in [1.807, 2.05) is 13.1 Å². The van der Waals surface area contributed by atoms with Crippen molar-refractivity contribution in [1.82, 2.24) is 15.1 Å². The standard InChI is InChI=1S/C14H21N5OS/c1-10-9-15-14(21-3)19(12-8-11(2)16-17-12)13(10)18-4-6-20-7-5-18/h8-9,14H,4-7H2,1-3H3,(H,16,17). The highest BCUT2D eigenvalue weighted by Crippen LogP contribution is 2.32. The number of anilines is 1. The van der Waals surface area contributed by atoms with Crippen LogP contribution in [0.2, 0.25) is 0 Å². The van der Waals surface area contributed by atoms with E-state index in [-0.39, 0.29) is 5.50 Å². The van der Waals surface area contributed by atoms with Gasteiger partial charge in [-0.1, -0.05) is 0 Å². The highest BCUT2D eigenvalue weighted by atomic mass is 32.2. The molecular weight excluding hydrogens is 286 g/mol. The second-order valence-electron chi connectivity index (χ2n) is 5.23. The van der Waals surface area contributed by atoms with E-state index in [9.17, 15) is 0 Å². The molecule has 0 amide bonds. The van der Waals surface area contributed by atoms with Crippen molar-refractivity contribution in [1.29, 1.82) is 0 Å². The van der Waals surface area contributed by atoms with E-state index in [1.54, 1.807) is 11.8 Å². The lowest BCUT2D eigenvalue weighted by molar-refractivity contribution is 0.0518. The van der Waals surface area contributed by atoms with Crippen LogP contribution in [0.15, 0.2) is 22.5 Å². The second-order valence-corrected chi connectivity index (χ2v) is 6.12. The zero-order valence-corrected chi connectivity index (χ0v) is 13.5. The fourth-order valence-corrected chi connectivity index (χ4v) is 3.29. The zero-order chi connectivity index (χ0) is 14.8. The molecule has 0 saturated carbocycles. The van der Waals surface area contributed by atoms with E-state index in [2.05, 4.69) is 44.2 Å². The van der Waals surface area contributed by atoms with Gasteiger partial charge < -0.3 is 9.64 Å². The third kappa shape index (κ3) is 2.80. The van der Waals surface area contributed by atoms with Crippen LogP contribution in [-0.4, -0.2) is 59.4 Å². The van der Waals surface area contributed by atoms with Crippen molar-refractivity contribution < 1.29 is 4.74 Å². The summed E-state index contributed by atoms with van der Waals surface area (Å²) in [4.78, 5) is 9.22. The van der Waals surface area contributed by atoms with Gasteiger partial charge in [0.15, 0.2) is 11.3 Å². The minimum Gasteiger partial charge on any atom is -0.378 e. The van der Waals surface area contributed by atoms with Gasteiger partial charge in [-0.05, 0) is 20.1 Å². The Bertz CT molecular complexity index is 561. The number of H-pyrrole nitrogens is 1. The Kier molecular flexibility index (Phi) is 4.21. The Balaban J connectivity index is 1.99. The molecule has 1 aromatic heterocycles. The van der Waals surface area contributed by atoms with E-state index in [0.29, 0.717) is 0 Å². The first kappa shape index (κ1) is 14.5. The second kappa shape index (κ2) is 6.11. The van der Waals surface area contributed by atoms with Gasteiger partial charge in [-0.3, -0.25) is 15.0 Å². The van der Waals surface area contributed by atoms with Crippen LogP contribution in [-0.2, 0) is 4.74 Å². The van der Waals surface area contributed by atoms with E-state index >= 15 is 0 Å². The number of hydrogen-bond acceptors (Lipinski definition) is 6. The summed E-state index contributed by atoms with van der Waals surface area (Å²) in [5.74, 6) is 2.11. The summed E-state index contributed by atoms with van der Waals surface area (Å²) >= 11 is 1.71. The highest BCUT2D eigenvalue weighted by Gasteiger charge is 2.31. The zero-order valence-electron chi connectivity index (χ0n) is 12.7. The molecule has 3 heterocycles. The number of nitrogens with zero attached hydrogens (tertiary/aromatic N) is 4. The third-order valence-corrected chi connectivity index (χ3v) is 4.41. The molecule has 1 N–H and O–H groups in total. The normalized spacial score (nSPS) is 23.1. The van der Waals surface area contributed by atoms with Gasteiger partial charge in [0.2, 0.25) is 0 Å². The largest absolute Gasteiger partial charge is 0.378 e. The molecule has 3 rings (SSSR count). The highest BCUT2D eigenvalue weighted by molar-refractivity contribution is 7.99. The molecule has 7 heteroatoms. The van der Waals surface area contributed by atoms with Crippen molar-refractivity contribution in [2.24, 2.45) is 4.99 Å². The summed E-state index contributed by atoms with van der Waals surface area (Å²) in [6.07, 6.45) is 4.05. The first-order valence-corrected chi connectivity index (χ1v) is 8.40. The number of rotatable bonds is 3. The fraction of sp³-hybridized carbons (Fsp3) is 0.571. The molecular formula is C14H21N5OS. The number of aryl methyl sites for hydroxylation is 1. The van der Waals surface area contributed by atoms with Crippen LogP contribution in [0.1, 0.15) is 12.6 Å². The predicted molar refractivity (Wildman–Crippen MR) is 86.7 cm³/mol. The fourth-order valence-electron chi connectivity index (χ4n) is 2.69. The molecule has 0 aliphatic carbocycles. The Hall–Kier alpha value is -1.47. The third-order valence-electron chi connectivity index (χ3n) is 3.66. The monoisotopic (exact) mass is 307 g/mol. The Morgan fingerprint density at radius 3 is 2.71 bits per heavy atom. The molecule has 0 aromatic carbocycles. The molecule has 6 nitrogen and oxygen atoms in total. The van der Waals surface area contributed by atoms with Crippen molar-refractivity contribution >= 4 is 23.8 Å². The summed E-state index contributed by atoms with van der Waals surface area (Å²) < 4.78 is 5.48. The van der Waals surface area contributed by atoms with Crippen molar-refractivity contribution in [3.63, 3.8) is 0 Å². The molecule has 1 aromatic rings. The topological polar surface area (TPSA) is 56.8 Å². The minimum absolute atomic E-state index is 0.0224. The number of aromatic amines is 1. The van der Waals surface area contributed by atoms with E-state index in [1.165, 1.54) is 11.4 Å². The maximum absolute atomic E-state index is 5.48. The van der Waals surface area contributed by atoms with Gasteiger partial charge in [0, 0.05) is 36.6 Å². The molecule has 2 aliphatic heterocycles. The van der Waals surface area contributed by atoms with E-state index in [4.69, 9.17) is 4.74 Å². The van der Waals surface area contributed by atoms with Crippen molar-refractivity contribution in [3.8, 4) is 0 Å². The van der Waals surface area contributed by atoms with Crippen molar-refractivity contribution in [2.45, 2.75) is 19.3 Å². The Labute approximate surface area is 129 Å². The first-order chi connectivity index (χ1) is 10.2. The van der Waals surface area contributed by atoms with Gasteiger partial charge >= 0.3 is 0 Å². The summed E-state index contributed by atoms with van der Waals surface area (Å²) in [6.45, 7) is 7.47. The molecule has 0 radical (unpaired) electrons. The summed E-state index contributed by atoms with van der Waals surface area (Å²) in [5, 5.41) is 7.47. The number of aliphatic imine (C=N–C) groups is 1. The number of aromatic nitrogens is 2. The van der Waals surface area contributed by atoms with Gasteiger partial charge in [-0.2, -0.15) is 5.10 Å². The summed E-state index contributed by atoms with van der Waals surface area (Å²) in [5.41, 5.74) is 2.25. The summed E-state index contributed by atoms with van der Waals surface area (Å²) in [6, 6.07) is 2.07. The SMILES string of the molecule is CSC1N=CC(C)=C(N2CCOCC2)N1c1cc(C)[nH]n1. The van der Waals surface area contributed by atoms with Gasteiger partial charge in [0.05, 0.1) is 13.2 Å². The van der Waals surface area contributed by atoms with Crippen LogP contribution < -0.4 is 4.90 Å². The Morgan fingerprint density at radius 2 is 2.10 bits per heavy atom. The van der Waals surface area contributed by atoms with Crippen LogP contribution >= 0.6 is 11.8 Å². The lowest BCUT2D eigenvalue weighted by Gasteiger charge is -2.41. The van der Waals surface area contributed by atoms with Gasteiger partial charge in [0.1, 0.15) is 5.82 Å². The van der Waals surface area contributed by atoms with Gasteiger partial charge in [-0.15, -0.1) is 11.8 Å². The number of nitrogens with one attached hydrogen (secondary N) is 1. The maximum Gasteiger partial charge on any atom is 0.175 e. The molecule has 1 unspecified atom stereocenters.